The summed E-state index contributed by atoms with van der Waals surface area (Å²) in [5.41, 5.74) is -0.214. The van der Waals surface area contributed by atoms with Crippen LogP contribution in [0.1, 0.15) is 23.7 Å². The maximum atomic E-state index is 12.8. The molecule has 0 radical (unpaired) electrons. The van der Waals surface area contributed by atoms with E-state index in [1.165, 1.54) is 6.07 Å². The van der Waals surface area contributed by atoms with Crippen molar-refractivity contribution in [3.05, 3.63) is 53.2 Å². The van der Waals surface area contributed by atoms with Gasteiger partial charge in [-0.1, -0.05) is 23.9 Å². The van der Waals surface area contributed by atoms with Gasteiger partial charge in [0.25, 0.3) is 0 Å². The quantitative estimate of drug-likeness (QED) is 0.795. The molecule has 0 spiro atoms. The van der Waals surface area contributed by atoms with Crippen molar-refractivity contribution in [1.82, 2.24) is 4.98 Å². The lowest BCUT2D eigenvalue weighted by Crippen LogP contribution is -2.08. The molecule has 0 amide bonds. The second kappa shape index (κ2) is 7.49. The van der Waals surface area contributed by atoms with E-state index in [2.05, 4.69) is 4.98 Å². The van der Waals surface area contributed by atoms with E-state index in [9.17, 15) is 13.2 Å². The van der Waals surface area contributed by atoms with E-state index in [0.717, 1.165) is 28.3 Å². The number of rotatable bonds is 5. The lowest BCUT2D eigenvalue weighted by atomic mass is 10.2. The number of hydrogen-bond acceptors (Lipinski definition) is 4. The van der Waals surface area contributed by atoms with Gasteiger partial charge in [-0.2, -0.15) is 18.4 Å². The Balaban J connectivity index is 2.28. The van der Waals surface area contributed by atoms with Gasteiger partial charge in [-0.3, -0.25) is 0 Å². The molecule has 23 heavy (non-hydrogen) atoms. The highest BCUT2D eigenvalue weighted by molar-refractivity contribution is 7.99. The molecule has 0 bridgehead atoms. The van der Waals surface area contributed by atoms with Gasteiger partial charge in [0.05, 0.1) is 18.2 Å². The zero-order chi connectivity index (χ0) is 16.9. The largest absolute Gasteiger partial charge is 0.433 e. The fraction of sp³-hybridized carbons (Fsp3) is 0.250. The van der Waals surface area contributed by atoms with E-state index in [-0.39, 0.29) is 10.6 Å². The molecule has 0 saturated heterocycles. The van der Waals surface area contributed by atoms with Crippen LogP contribution in [0.5, 0.6) is 0 Å². The lowest BCUT2D eigenvalue weighted by molar-refractivity contribution is -0.141. The first-order chi connectivity index (χ1) is 10.9. The number of alkyl halides is 3. The number of hydrogen-bond donors (Lipinski definition) is 0. The van der Waals surface area contributed by atoms with Gasteiger partial charge in [-0.15, -0.1) is 0 Å². The molecule has 1 aromatic carbocycles. The van der Waals surface area contributed by atoms with Crippen LogP contribution in [0, 0.1) is 11.3 Å². The first-order valence-corrected chi connectivity index (χ1v) is 7.58. The molecule has 0 saturated carbocycles. The molecule has 0 fully saturated rings. The number of halogens is 3. The summed E-state index contributed by atoms with van der Waals surface area (Å²) in [6, 6.07) is 11.1. The van der Waals surface area contributed by atoms with Gasteiger partial charge < -0.3 is 4.74 Å². The van der Waals surface area contributed by atoms with E-state index >= 15 is 0 Å². The minimum Gasteiger partial charge on any atom is -0.377 e. The fourth-order valence-electron chi connectivity index (χ4n) is 1.81. The fourth-order valence-corrected chi connectivity index (χ4v) is 2.74. The SMILES string of the molecule is CCOCc1cccc(Sc2cc(C#N)cc(C(F)(F)F)n2)c1. The van der Waals surface area contributed by atoms with E-state index in [1.807, 2.05) is 19.1 Å². The molecule has 2 aromatic rings. The Hall–Kier alpha value is -2.04. The summed E-state index contributed by atoms with van der Waals surface area (Å²) in [4.78, 5) is 4.33. The van der Waals surface area contributed by atoms with Crippen LogP contribution in [0.25, 0.3) is 0 Å². The molecule has 1 heterocycles. The van der Waals surface area contributed by atoms with Crippen molar-refractivity contribution in [2.24, 2.45) is 0 Å². The second-order valence-electron chi connectivity index (χ2n) is 4.58. The van der Waals surface area contributed by atoms with Crippen LogP contribution in [0.3, 0.4) is 0 Å². The highest BCUT2D eigenvalue weighted by Crippen LogP contribution is 2.33. The highest BCUT2D eigenvalue weighted by atomic mass is 32.2. The van der Waals surface area contributed by atoms with Crippen molar-refractivity contribution >= 4 is 11.8 Å². The van der Waals surface area contributed by atoms with Gasteiger partial charge in [-0.25, -0.2) is 4.98 Å². The molecule has 0 aliphatic carbocycles. The van der Waals surface area contributed by atoms with Crippen molar-refractivity contribution in [2.45, 2.75) is 29.6 Å². The maximum absolute atomic E-state index is 12.8. The molecule has 3 nitrogen and oxygen atoms in total. The maximum Gasteiger partial charge on any atom is 0.433 e. The molecule has 7 heteroatoms. The molecular weight excluding hydrogens is 325 g/mol. The summed E-state index contributed by atoms with van der Waals surface area (Å²) < 4.78 is 43.8. The summed E-state index contributed by atoms with van der Waals surface area (Å²) in [6.07, 6.45) is -4.58. The summed E-state index contributed by atoms with van der Waals surface area (Å²) in [5.74, 6) is 0. The predicted molar refractivity (Wildman–Crippen MR) is 79.8 cm³/mol. The Morgan fingerprint density at radius 2 is 2.04 bits per heavy atom. The second-order valence-corrected chi connectivity index (χ2v) is 5.67. The number of nitrogens with zero attached hydrogens (tertiary/aromatic N) is 2. The lowest BCUT2D eigenvalue weighted by Gasteiger charge is -2.09. The Morgan fingerprint density at radius 3 is 2.70 bits per heavy atom. The summed E-state index contributed by atoms with van der Waals surface area (Å²) in [5, 5.41) is 9.02. The third-order valence-corrected chi connectivity index (χ3v) is 3.72. The van der Waals surface area contributed by atoms with Gasteiger partial charge in [0.15, 0.2) is 0 Å². The minimum absolute atomic E-state index is 0.0692. The third-order valence-electron chi connectivity index (χ3n) is 2.82. The average molecular weight is 338 g/mol. The Labute approximate surface area is 136 Å². The van der Waals surface area contributed by atoms with Gasteiger partial charge in [0.2, 0.25) is 0 Å². The monoisotopic (exact) mass is 338 g/mol. The van der Waals surface area contributed by atoms with Crippen molar-refractivity contribution in [3.8, 4) is 6.07 Å². The summed E-state index contributed by atoms with van der Waals surface area (Å²) >= 11 is 1.08. The normalized spacial score (nSPS) is 11.3. The van der Waals surface area contributed by atoms with Crippen LogP contribution >= 0.6 is 11.8 Å². The predicted octanol–water partition coefficient (Wildman–Crippen LogP) is 4.66. The van der Waals surface area contributed by atoms with E-state index in [0.29, 0.717) is 13.2 Å². The first kappa shape index (κ1) is 17.3. The summed E-state index contributed by atoms with van der Waals surface area (Å²) in [6.45, 7) is 2.90. The van der Waals surface area contributed by atoms with E-state index < -0.39 is 11.9 Å². The Kier molecular flexibility index (Phi) is 5.64. The van der Waals surface area contributed by atoms with Crippen molar-refractivity contribution in [2.75, 3.05) is 6.61 Å². The van der Waals surface area contributed by atoms with Crippen LogP contribution in [-0.2, 0) is 17.5 Å². The number of aromatic nitrogens is 1. The van der Waals surface area contributed by atoms with E-state index in [1.54, 1.807) is 18.2 Å². The number of ether oxygens (including phenoxy) is 1. The van der Waals surface area contributed by atoms with E-state index in [4.69, 9.17) is 10.00 Å². The third kappa shape index (κ3) is 4.98. The van der Waals surface area contributed by atoms with Crippen LogP contribution in [-0.4, -0.2) is 11.6 Å². The highest BCUT2D eigenvalue weighted by Gasteiger charge is 2.33. The van der Waals surface area contributed by atoms with Gasteiger partial charge >= 0.3 is 6.18 Å². The van der Waals surface area contributed by atoms with Crippen molar-refractivity contribution in [3.63, 3.8) is 0 Å². The topological polar surface area (TPSA) is 45.9 Å². The van der Waals surface area contributed by atoms with Crippen molar-refractivity contribution in [1.29, 1.82) is 5.26 Å². The number of nitriles is 1. The molecule has 0 N–H and O–H groups in total. The van der Waals surface area contributed by atoms with Crippen molar-refractivity contribution < 1.29 is 17.9 Å². The molecular formula is C16H13F3N2OS. The summed E-state index contributed by atoms with van der Waals surface area (Å²) in [7, 11) is 0. The standard InChI is InChI=1S/C16H13F3N2OS/c1-2-22-10-11-4-3-5-13(6-11)23-15-8-12(9-20)7-14(21-15)16(17,18)19/h3-8H,2,10H2,1H3. The van der Waals surface area contributed by atoms with Gasteiger partial charge in [0.1, 0.15) is 10.7 Å². The molecule has 120 valence electrons. The van der Waals surface area contributed by atoms with Crippen LogP contribution in [0.2, 0.25) is 0 Å². The first-order valence-electron chi connectivity index (χ1n) is 6.76. The van der Waals surface area contributed by atoms with Crippen LogP contribution in [0.15, 0.2) is 46.3 Å². The minimum atomic E-state index is -4.58. The molecule has 0 aliphatic heterocycles. The van der Waals surface area contributed by atoms with Crippen LogP contribution < -0.4 is 0 Å². The zero-order valence-electron chi connectivity index (χ0n) is 12.2. The van der Waals surface area contributed by atoms with Crippen LogP contribution in [0.4, 0.5) is 13.2 Å². The molecule has 0 aliphatic rings. The Bertz CT molecular complexity index is 726. The molecule has 0 unspecified atom stereocenters. The van der Waals surface area contributed by atoms with Gasteiger partial charge in [0, 0.05) is 11.5 Å². The van der Waals surface area contributed by atoms with Gasteiger partial charge in [-0.05, 0) is 36.8 Å². The Morgan fingerprint density at radius 1 is 1.26 bits per heavy atom. The average Bonchev–Trinajstić information content (AvgIpc) is 2.52. The molecule has 0 atom stereocenters. The smallest absolute Gasteiger partial charge is 0.377 e. The molecule has 1 aromatic heterocycles. The molecule has 2 rings (SSSR count). The number of benzene rings is 1. The zero-order valence-corrected chi connectivity index (χ0v) is 13.0. The number of pyridine rings is 1.